The van der Waals surface area contributed by atoms with Gasteiger partial charge in [-0.1, -0.05) is 24.3 Å². The third-order valence-corrected chi connectivity index (χ3v) is 3.94. The van der Waals surface area contributed by atoms with Crippen molar-refractivity contribution in [3.05, 3.63) is 64.2 Å². The summed E-state index contributed by atoms with van der Waals surface area (Å²) >= 11 is 0. The molecule has 1 aliphatic rings. The number of benzene rings is 2. The van der Waals surface area contributed by atoms with Crippen LogP contribution in [0.25, 0.3) is 11.1 Å². The minimum atomic E-state index is -0.390. The van der Waals surface area contributed by atoms with Gasteiger partial charge in [0.05, 0.1) is 10.5 Å². The Bertz CT molecular complexity index is 704. The molecule has 0 saturated carbocycles. The Morgan fingerprint density at radius 3 is 2.27 bits per heavy atom. The lowest BCUT2D eigenvalue weighted by molar-refractivity contribution is -0.384. The molecule has 3 rings (SSSR count). The van der Waals surface area contributed by atoms with Gasteiger partial charge in [-0.05, 0) is 36.6 Å². The van der Waals surface area contributed by atoms with Gasteiger partial charge in [0.1, 0.15) is 0 Å². The summed E-state index contributed by atoms with van der Waals surface area (Å²) in [5, 5.41) is 11.1. The van der Waals surface area contributed by atoms with Crippen LogP contribution in [-0.2, 0) is 0 Å². The smallest absolute Gasteiger partial charge is 0.277 e. The van der Waals surface area contributed by atoms with Crippen LogP contribution in [0.1, 0.15) is 23.2 Å². The fourth-order valence-corrected chi connectivity index (χ4v) is 2.77. The third-order valence-electron chi connectivity index (χ3n) is 3.94. The summed E-state index contributed by atoms with van der Waals surface area (Å²) in [4.78, 5) is 24.8. The van der Waals surface area contributed by atoms with Crippen molar-refractivity contribution in [1.29, 1.82) is 0 Å². The molecule has 2 aromatic rings. The van der Waals surface area contributed by atoms with Crippen molar-refractivity contribution < 1.29 is 9.72 Å². The maximum absolute atomic E-state index is 12.3. The summed E-state index contributed by atoms with van der Waals surface area (Å²) in [6.07, 6.45) is 2.11. The van der Waals surface area contributed by atoms with Crippen molar-refractivity contribution in [2.24, 2.45) is 0 Å². The molecular weight excluding hydrogens is 280 g/mol. The summed E-state index contributed by atoms with van der Waals surface area (Å²) in [6.45, 7) is 1.62. The second-order valence-electron chi connectivity index (χ2n) is 5.35. The van der Waals surface area contributed by atoms with E-state index in [1.54, 1.807) is 42.5 Å². The van der Waals surface area contributed by atoms with Crippen LogP contribution in [0.5, 0.6) is 0 Å². The number of amides is 1. The van der Waals surface area contributed by atoms with Crippen LogP contribution in [0.3, 0.4) is 0 Å². The van der Waals surface area contributed by atoms with Gasteiger partial charge in [-0.15, -0.1) is 0 Å². The maximum Gasteiger partial charge on any atom is 0.277 e. The van der Waals surface area contributed by atoms with E-state index in [9.17, 15) is 14.9 Å². The van der Waals surface area contributed by atoms with E-state index in [1.165, 1.54) is 6.07 Å². The zero-order chi connectivity index (χ0) is 15.5. The molecule has 1 aliphatic heterocycles. The van der Waals surface area contributed by atoms with Gasteiger partial charge in [-0.25, -0.2) is 0 Å². The van der Waals surface area contributed by atoms with Crippen LogP contribution in [0.2, 0.25) is 0 Å². The van der Waals surface area contributed by atoms with Gasteiger partial charge >= 0.3 is 0 Å². The van der Waals surface area contributed by atoms with Crippen LogP contribution in [0.4, 0.5) is 5.69 Å². The Morgan fingerprint density at radius 1 is 1.00 bits per heavy atom. The van der Waals surface area contributed by atoms with Crippen LogP contribution in [0.15, 0.2) is 48.5 Å². The summed E-state index contributed by atoms with van der Waals surface area (Å²) in [5.41, 5.74) is 2.00. The summed E-state index contributed by atoms with van der Waals surface area (Å²) in [5.74, 6) is 0.0339. The first kappa shape index (κ1) is 14.3. The zero-order valence-electron chi connectivity index (χ0n) is 12.1. The lowest BCUT2D eigenvalue weighted by atomic mass is 10.0. The Hall–Kier alpha value is -2.69. The molecule has 0 aliphatic carbocycles. The van der Waals surface area contributed by atoms with E-state index in [4.69, 9.17) is 0 Å². The number of para-hydroxylation sites is 1. The molecule has 0 bridgehead atoms. The number of carbonyl (C=O) groups is 1. The van der Waals surface area contributed by atoms with Gasteiger partial charge in [0.15, 0.2) is 0 Å². The number of hydrogen-bond donors (Lipinski definition) is 0. The van der Waals surface area contributed by atoms with Crippen molar-refractivity contribution >= 4 is 11.6 Å². The number of nitro groups is 1. The number of hydrogen-bond acceptors (Lipinski definition) is 3. The number of nitro benzene ring substituents is 1. The van der Waals surface area contributed by atoms with Crippen LogP contribution in [0, 0.1) is 10.1 Å². The number of carbonyl (C=O) groups excluding carboxylic acids is 1. The van der Waals surface area contributed by atoms with Crippen molar-refractivity contribution in [2.75, 3.05) is 13.1 Å². The van der Waals surface area contributed by atoms with E-state index in [1.807, 2.05) is 4.90 Å². The minimum absolute atomic E-state index is 0.0339. The number of likely N-dealkylation sites (tertiary alicyclic amines) is 1. The second kappa shape index (κ2) is 5.97. The molecule has 0 N–H and O–H groups in total. The Labute approximate surface area is 128 Å². The first-order chi connectivity index (χ1) is 10.7. The Balaban J connectivity index is 1.88. The zero-order valence-corrected chi connectivity index (χ0v) is 12.1. The van der Waals surface area contributed by atoms with Gasteiger partial charge in [0.2, 0.25) is 0 Å². The predicted octanol–water partition coefficient (Wildman–Crippen LogP) is 3.50. The first-order valence-electron chi connectivity index (χ1n) is 7.30. The SMILES string of the molecule is O=C(c1ccc(-c2ccccc2[N+](=O)[O-])cc1)N1CCCC1. The van der Waals surface area contributed by atoms with Crippen LogP contribution in [-0.4, -0.2) is 28.8 Å². The number of rotatable bonds is 3. The highest BCUT2D eigenvalue weighted by Crippen LogP contribution is 2.29. The molecule has 0 radical (unpaired) electrons. The molecule has 2 aromatic carbocycles. The molecule has 1 saturated heterocycles. The monoisotopic (exact) mass is 296 g/mol. The van der Waals surface area contributed by atoms with Crippen LogP contribution < -0.4 is 0 Å². The Morgan fingerprint density at radius 2 is 1.64 bits per heavy atom. The summed E-state index contributed by atoms with van der Waals surface area (Å²) < 4.78 is 0. The quantitative estimate of drug-likeness (QED) is 0.643. The molecule has 0 atom stereocenters. The van der Waals surface area contributed by atoms with E-state index in [2.05, 4.69) is 0 Å². The molecular formula is C17H16N2O3. The molecule has 0 spiro atoms. The maximum atomic E-state index is 12.3. The van der Waals surface area contributed by atoms with Crippen molar-refractivity contribution in [2.45, 2.75) is 12.8 Å². The molecule has 112 valence electrons. The first-order valence-corrected chi connectivity index (χ1v) is 7.30. The van der Waals surface area contributed by atoms with E-state index in [-0.39, 0.29) is 11.6 Å². The highest BCUT2D eigenvalue weighted by Gasteiger charge is 2.20. The van der Waals surface area contributed by atoms with Crippen molar-refractivity contribution in [1.82, 2.24) is 4.90 Å². The lowest BCUT2D eigenvalue weighted by Crippen LogP contribution is -2.27. The summed E-state index contributed by atoms with van der Waals surface area (Å²) in [6, 6.07) is 13.6. The molecule has 1 heterocycles. The average Bonchev–Trinajstić information content (AvgIpc) is 3.09. The van der Waals surface area contributed by atoms with Crippen molar-refractivity contribution in [3.63, 3.8) is 0 Å². The van der Waals surface area contributed by atoms with E-state index in [0.717, 1.165) is 31.5 Å². The third kappa shape index (κ3) is 2.70. The molecule has 5 nitrogen and oxygen atoms in total. The fraction of sp³-hybridized carbons (Fsp3) is 0.235. The van der Waals surface area contributed by atoms with Gasteiger partial charge < -0.3 is 4.90 Å². The lowest BCUT2D eigenvalue weighted by Gasteiger charge is -2.15. The average molecular weight is 296 g/mol. The van der Waals surface area contributed by atoms with E-state index < -0.39 is 4.92 Å². The minimum Gasteiger partial charge on any atom is -0.339 e. The largest absolute Gasteiger partial charge is 0.339 e. The van der Waals surface area contributed by atoms with Gasteiger partial charge in [-0.2, -0.15) is 0 Å². The topological polar surface area (TPSA) is 63.4 Å². The van der Waals surface area contributed by atoms with E-state index in [0.29, 0.717) is 11.1 Å². The number of nitrogens with zero attached hydrogens (tertiary/aromatic N) is 2. The normalized spacial score (nSPS) is 14.1. The molecule has 22 heavy (non-hydrogen) atoms. The van der Waals surface area contributed by atoms with Crippen molar-refractivity contribution in [3.8, 4) is 11.1 Å². The van der Waals surface area contributed by atoms with E-state index >= 15 is 0 Å². The molecule has 1 amide bonds. The second-order valence-corrected chi connectivity index (χ2v) is 5.35. The van der Waals surface area contributed by atoms with Gasteiger partial charge in [0, 0.05) is 24.7 Å². The summed E-state index contributed by atoms with van der Waals surface area (Å²) in [7, 11) is 0. The fourth-order valence-electron chi connectivity index (χ4n) is 2.77. The highest BCUT2D eigenvalue weighted by molar-refractivity contribution is 5.95. The van der Waals surface area contributed by atoms with Gasteiger partial charge in [0.25, 0.3) is 11.6 Å². The Kier molecular flexibility index (Phi) is 3.87. The molecule has 0 unspecified atom stereocenters. The van der Waals surface area contributed by atoms with Gasteiger partial charge in [-0.3, -0.25) is 14.9 Å². The standard InChI is InChI=1S/C17H16N2O3/c20-17(18-11-3-4-12-18)14-9-7-13(8-10-14)15-5-1-2-6-16(15)19(21)22/h1-2,5-10H,3-4,11-12H2. The molecule has 0 aromatic heterocycles. The van der Waals surface area contributed by atoms with Crippen LogP contribution >= 0.6 is 0 Å². The predicted molar refractivity (Wildman–Crippen MR) is 83.7 cm³/mol. The molecule has 1 fully saturated rings. The highest BCUT2D eigenvalue weighted by atomic mass is 16.6. The molecule has 5 heteroatoms.